The average molecular weight is 206 g/mol. The van der Waals surface area contributed by atoms with Crippen LogP contribution in [0.2, 0.25) is 0 Å². The molecule has 1 aliphatic rings. The molecule has 2 amide bonds. The van der Waals surface area contributed by atoms with Gasteiger partial charge in [0.15, 0.2) is 0 Å². The molecule has 1 N–H and O–H groups in total. The Bertz CT molecular complexity index is 321. The van der Waals surface area contributed by atoms with Gasteiger partial charge in [0.1, 0.15) is 0 Å². The first-order chi connectivity index (χ1) is 7.36. The Kier molecular flexibility index (Phi) is 3.11. The number of aromatic nitrogens is 2. The molecule has 1 aliphatic heterocycles. The van der Waals surface area contributed by atoms with E-state index in [9.17, 15) is 4.79 Å². The summed E-state index contributed by atoms with van der Waals surface area (Å²) in [5.74, 6) is 0. The highest BCUT2D eigenvalue weighted by Gasteiger charge is 2.17. The highest BCUT2D eigenvalue weighted by atomic mass is 16.2. The molecule has 0 bridgehead atoms. The molecule has 1 fully saturated rings. The van der Waals surface area contributed by atoms with Crippen LogP contribution >= 0.6 is 0 Å². The summed E-state index contributed by atoms with van der Waals surface area (Å²) in [6.45, 7) is 2.18. The molecular formula is C10H14N4O. The number of hydrogen-bond acceptors (Lipinski definition) is 3. The largest absolute Gasteiger partial charge is 0.332 e. The van der Waals surface area contributed by atoms with Gasteiger partial charge in [0, 0.05) is 19.3 Å². The van der Waals surface area contributed by atoms with Crippen LogP contribution in [0.25, 0.3) is 0 Å². The molecule has 5 nitrogen and oxygen atoms in total. The van der Waals surface area contributed by atoms with Crippen molar-refractivity contribution in [3.8, 4) is 0 Å². The van der Waals surface area contributed by atoms with E-state index in [1.807, 2.05) is 17.0 Å². The van der Waals surface area contributed by atoms with E-state index in [-0.39, 0.29) is 6.03 Å². The molecule has 0 atom stereocenters. The molecule has 0 radical (unpaired) electrons. The van der Waals surface area contributed by atoms with Gasteiger partial charge in [0.2, 0.25) is 0 Å². The number of hydrogen-bond donors (Lipinski definition) is 1. The number of carbonyl (C=O) groups is 1. The predicted octanol–water partition coefficient (Wildman–Crippen LogP) is 0.782. The van der Waals surface area contributed by atoms with Crippen LogP contribution in [0.1, 0.15) is 18.5 Å². The number of carbonyl (C=O) groups excluding carboxylic acids is 1. The summed E-state index contributed by atoms with van der Waals surface area (Å²) in [6.07, 6.45) is 3.84. The van der Waals surface area contributed by atoms with Crippen molar-refractivity contribution in [1.29, 1.82) is 0 Å². The van der Waals surface area contributed by atoms with Gasteiger partial charge in [-0.15, -0.1) is 0 Å². The quantitative estimate of drug-likeness (QED) is 0.778. The van der Waals surface area contributed by atoms with Crippen LogP contribution < -0.4 is 5.32 Å². The molecule has 0 aliphatic carbocycles. The summed E-state index contributed by atoms with van der Waals surface area (Å²) in [7, 11) is 0. The van der Waals surface area contributed by atoms with Crippen LogP contribution in [0, 0.1) is 0 Å². The van der Waals surface area contributed by atoms with Gasteiger partial charge >= 0.3 is 6.03 Å². The lowest BCUT2D eigenvalue weighted by molar-refractivity contribution is 0.208. The minimum absolute atomic E-state index is 0.00171. The maximum absolute atomic E-state index is 11.6. The van der Waals surface area contributed by atoms with E-state index in [0.29, 0.717) is 6.54 Å². The lowest BCUT2D eigenvalue weighted by atomic mass is 10.4. The van der Waals surface area contributed by atoms with Crippen molar-refractivity contribution in [2.75, 3.05) is 13.1 Å². The lowest BCUT2D eigenvalue weighted by Gasteiger charge is -2.15. The molecule has 1 aromatic rings. The van der Waals surface area contributed by atoms with Crippen molar-refractivity contribution in [3.63, 3.8) is 0 Å². The van der Waals surface area contributed by atoms with Crippen LogP contribution in [0.3, 0.4) is 0 Å². The second-order valence-corrected chi connectivity index (χ2v) is 3.57. The predicted molar refractivity (Wildman–Crippen MR) is 55.1 cm³/mol. The molecule has 1 saturated heterocycles. The van der Waals surface area contributed by atoms with Crippen LogP contribution in [0.5, 0.6) is 0 Å². The molecule has 0 unspecified atom stereocenters. The monoisotopic (exact) mass is 206 g/mol. The number of urea groups is 1. The number of nitrogens with one attached hydrogen (secondary N) is 1. The summed E-state index contributed by atoms with van der Waals surface area (Å²) >= 11 is 0. The lowest BCUT2D eigenvalue weighted by Crippen LogP contribution is -2.37. The van der Waals surface area contributed by atoms with Gasteiger partial charge in [-0.1, -0.05) is 0 Å². The highest BCUT2D eigenvalue weighted by molar-refractivity contribution is 5.74. The first-order valence-electron chi connectivity index (χ1n) is 5.15. The normalized spacial score (nSPS) is 15.3. The van der Waals surface area contributed by atoms with Crippen molar-refractivity contribution >= 4 is 6.03 Å². The average Bonchev–Trinajstić information content (AvgIpc) is 2.81. The maximum atomic E-state index is 11.6. The number of amides is 2. The van der Waals surface area contributed by atoms with E-state index >= 15 is 0 Å². The van der Waals surface area contributed by atoms with Crippen LogP contribution in [0.15, 0.2) is 18.3 Å². The van der Waals surface area contributed by atoms with E-state index < -0.39 is 0 Å². The molecule has 80 valence electrons. The molecule has 2 heterocycles. The fourth-order valence-corrected chi connectivity index (χ4v) is 1.63. The molecular weight excluding hydrogens is 192 g/mol. The summed E-state index contributed by atoms with van der Waals surface area (Å²) in [5, 5.41) is 10.5. The van der Waals surface area contributed by atoms with Crippen LogP contribution in [-0.4, -0.2) is 34.2 Å². The molecule has 5 heteroatoms. The second kappa shape index (κ2) is 4.72. The number of likely N-dealkylation sites (tertiary alicyclic amines) is 1. The highest BCUT2D eigenvalue weighted by Crippen LogP contribution is 2.06. The fourth-order valence-electron chi connectivity index (χ4n) is 1.63. The standard InChI is InChI=1S/C10H14N4O/c15-10(14-6-1-2-7-14)11-8-9-4-3-5-12-13-9/h3-5H,1-2,6-8H2,(H,11,15). The zero-order chi connectivity index (χ0) is 10.5. The third-order valence-electron chi connectivity index (χ3n) is 2.44. The molecule has 1 aromatic heterocycles. The van der Waals surface area contributed by atoms with E-state index in [0.717, 1.165) is 31.6 Å². The molecule has 2 rings (SSSR count). The van der Waals surface area contributed by atoms with Crippen molar-refractivity contribution in [2.24, 2.45) is 0 Å². The van der Waals surface area contributed by atoms with Gasteiger partial charge in [-0.25, -0.2) is 4.79 Å². The van der Waals surface area contributed by atoms with Gasteiger partial charge in [-0.05, 0) is 25.0 Å². The summed E-state index contributed by atoms with van der Waals surface area (Å²) < 4.78 is 0. The summed E-state index contributed by atoms with van der Waals surface area (Å²) in [6, 6.07) is 3.65. The molecule has 15 heavy (non-hydrogen) atoms. The Balaban J connectivity index is 1.80. The van der Waals surface area contributed by atoms with Crippen LogP contribution in [0.4, 0.5) is 4.79 Å². The number of nitrogens with zero attached hydrogens (tertiary/aromatic N) is 3. The topological polar surface area (TPSA) is 58.1 Å². The fraction of sp³-hybridized carbons (Fsp3) is 0.500. The van der Waals surface area contributed by atoms with E-state index in [2.05, 4.69) is 15.5 Å². The number of rotatable bonds is 2. The summed E-state index contributed by atoms with van der Waals surface area (Å²) in [5.41, 5.74) is 0.782. The minimum atomic E-state index is -0.00171. The van der Waals surface area contributed by atoms with E-state index in [4.69, 9.17) is 0 Å². The van der Waals surface area contributed by atoms with Crippen molar-refractivity contribution in [3.05, 3.63) is 24.0 Å². The van der Waals surface area contributed by atoms with Crippen molar-refractivity contribution in [2.45, 2.75) is 19.4 Å². The second-order valence-electron chi connectivity index (χ2n) is 3.57. The third-order valence-corrected chi connectivity index (χ3v) is 2.44. The van der Waals surface area contributed by atoms with Gasteiger partial charge < -0.3 is 10.2 Å². The first kappa shape index (κ1) is 9.89. The van der Waals surface area contributed by atoms with E-state index in [1.165, 1.54) is 0 Å². The Morgan fingerprint density at radius 1 is 1.47 bits per heavy atom. The SMILES string of the molecule is O=C(NCc1cccnn1)N1CCCC1. The molecule has 0 aromatic carbocycles. The Labute approximate surface area is 88.5 Å². The van der Waals surface area contributed by atoms with Gasteiger partial charge in [-0.2, -0.15) is 10.2 Å². The minimum Gasteiger partial charge on any atom is -0.332 e. The Hall–Kier alpha value is -1.65. The Morgan fingerprint density at radius 2 is 2.27 bits per heavy atom. The van der Waals surface area contributed by atoms with Crippen LogP contribution in [-0.2, 0) is 6.54 Å². The van der Waals surface area contributed by atoms with Gasteiger partial charge in [0.25, 0.3) is 0 Å². The smallest absolute Gasteiger partial charge is 0.317 e. The summed E-state index contributed by atoms with van der Waals surface area (Å²) in [4.78, 5) is 13.4. The van der Waals surface area contributed by atoms with Gasteiger partial charge in [0.05, 0.1) is 12.2 Å². The Morgan fingerprint density at radius 3 is 2.93 bits per heavy atom. The third kappa shape index (κ3) is 2.65. The van der Waals surface area contributed by atoms with Crippen molar-refractivity contribution in [1.82, 2.24) is 20.4 Å². The maximum Gasteiger partial charge on any atom is 0.317 e. The molecule has 0 spiro atoms. The van der Waals surface area contributed by atoms with E-state index in [1.54, 1.807) is 6.20 Å². The van der Waals surface area contributed by atoms with Gasteiger partial charge in [-0.3, -0.25) is 0 Å². The zero-order valence-corrected chi connectivity index (χ0v) is 8.52. The van der Waals surface area contributed by atoms with Crippen molar-refractivity contribution < 1.29 is 4.79 Å². The molecule has 0 saturated carbocycles. The first-order valence-corrected chi connectivity index (χ1v) is 5.15. The zero-order valence-electron chi connectivity index (χ0n) is 8.52.